The highest BCUT2D eigenvalue weighted by atomic mass is 16.5. The van der Waals surface area contributed by atoms with E-state index in [1.165, 1.54) is 5.56 Å². The number of hydrogen-bond acceptors (Lipinski definition) is 4. The molecule has 3 heterocycles. The van der Waals surface area contributed by atoms with Gasteiger partial charge in [0.2, 0.25) is 0 Å². The lowest BCUT2D eigenvalue weighted by molar-refractivity contribution is -0.150. The van der Waals surface area contributed by atoms with Gasteiger partial charge in [0.1, 0.15) is 5.75 Å². The van der Waals surface area contributed by atoms with Crippen molar-refractivity contribution in [1.29, 1.82) is 0 Å². The highest BCUT2D eigenvalue weighted by molar-refractivity contribution is 6.07. The smallest absolute Gasteiger partial charge is 0.340 e. The number of H-pyrrole nitrogens is 1. The van der Waals surface area contributed by atoms with Gasteiger partial charge in [-0.1, -0.05) is 30.3 Å². The monoisotopic (exact) mass is 418 g/mol. The molecule has 0 bridgehead atoms. The molecule has 5 nitrogen and oxygen atoms in total. The minimum atomic E-state index is -0.357. The highest BCUT2D eigenvalue weighted by Crippen LogP contribution is 2.47. The van der Waals surface area contributed by atoms with E-state index in [9.17, 15) is 4.79 Å². The van der Waals surface area contributed by atoms with Crippen LogP contribution in [0.25, 0.3) is 10.9 Å². The molecule has 2 aliphatic rings. The van der Waals surface area contributed by atoms with E-state index in [1.807, 2.05) is 19.9 Å². The van der Waals surface area contributed by atoms with E-state index in [1.54, 1.807) is 0 Å². The van der Waals surface area contributed by atoms with Crippen molar-refractivity contribution >= 4 is 16.9 Å². The summed E-state index contributed by atoms with van der Waals surface area (Å²) in [6, 6.07) is 14.7. The Bertz CT molecular complexity index is 1120. The minimum Gasteiger partial charge on any atom is -0.472 e. The molecule has 1 saturated heterocycles. The van der Waals surface area contributed by atoms with Gasteiger partial charge in [0, 0.05) is 41.2 Å². The van der Waals surface area contributed by atoms with Gasteiger partial charge in [0.05, 0.1) is 12.2 Å². The Balaban J connectivity index is 1.55. The van der Waals surface area contributed by atoms with E-state index in [0.29, 0.717) is 18.1 Å². The lowest BCUT2D eigenvalue weighted by Gasteiger charge is -2.52. The number of benzene rings is 2. The van der Waals surface area contributed by atoms with Crippen LogP contribution in [0, 0.1) is 12.8 Å². The van der Waals surface area contributed by atoms with Gasteiger partial charge in [-0.25, -0.2) is 4.79 Å². The Morgan fingerprint density at radius 2 is 2.06 bits per heavy atom. The quantitative estimate of drug-likeness (QED) is 0.591. The van der Waals surface area contributed by atoms with Crippen LogP contribution in [0.3, 0.4) is 0 Å². The summed E-state index contributed by atoms with van der Waals surface area (Å²) in [6.07, 6.45) is 3.17. The topological polar surface area (TPSA) is 54.6 Å². The van der Waals surface area contributed by atoms with Gasteiger partial charge in [0.25, 0.3) is 0 Å². The fourth-order valence-corrected chi connectivity index (χ4v) is 5.45. The van der Waals surface area contributed by atoms with Gasteiger partial charge in [-0.15, -0.1) is 0 Å². The van der Waals surface area contributed by atoms with E-state index in [4.69, 9.17) is 9.47 Å². The molecule has 5 heteroatoms. The fraction of sp³-hybridized carbons (Fsp3) is 0.423. The number of aryl methyl sites for hydroxylation is 1. The van der Waals surface area contributed by atoms with Crippen molar-refractivity contribution in [3.8, 4) is 5.75 Å². The van der Waals surface area contributed by atoms with Crippen molar-refractivity contribution in [2.45, 2.75) is 52.3 Å². The van der Waals surface area contributed by atoms with E-state index >= 15 is 0 Å². The molecule has 0 spiro atoms. The first-order valence-corrected chi connectivity index (χ1v) is 11.3. The first-order chi connectivity index (χ1) is 15.0. The second-order valence-electron chi connectivity index (χ2n) is 8.92. The number of esters is 1. The molecule has 1 fully saturated rings. The van der Waals surface area contributed by atoms with Crippen molar-refractivity contribution in [1.82, 2.24) is 9.88 Å². The average Bonchev–Trinajstić information content (AvgIpc) is 3.10. The van der Waals surface area contributed by atoms with Gasteiger partial charge < -0.3 is 14.5 Å². The lowest BCUT2D eigenvalue weighted by atomic mass is 9.78. The van der Waals surface area contributed by atoms with Crippen LogP contribution in [-0.4, -0.2) is 34.7 Å². The number of aromatic nitrogens is 1. The number of piperidine rings is 1. The van der Waals surface area contributed by atoms with Gasteiger partial charge in [-0.3, -0.25) is 4.90 Å². The van der Waals surface area contributed by atoms with Crippen LogP contribution in [0.5, 0.6) is 5.75 Å². The third kappa shape index (κ3) is 3.32. The lowest BCUT2D eigenvalue weighted by Crippen LogP contribution is -2.60. The number of rotatable bonds is 4. The molecule has 0 saturated carbocycles. The molecule has 31 heavy (non-hydrogen) atoms. The van der Waals surface area contributed by atoms with Gasteiger partial charge >= 0.3 is 5.97 Å². The predicted molar refractivity (Wildman–Crippen MR) is 121 cm³/mol. The summed E-state index contributed by atoms with van der Waals surface area (Å²) in [5.41, 5.74) is 4.56. The number of carbonyl (C=O) groups excluding carboxylic acids is 1. The maximum Gasteiger partial charge on any atom is 0.340 e. The summed E-state index contributed by atoms with van der Waals surface area (Å²) in [4.78, 5) is 18.6. The van der Waals surface area contributed by atoms with E-state index in [-0.39, 0.29) is 11.7 Å². The summed E-state index contributed by atoms with van der Waals surface area (Å²) < 4.78 is 12.1. The SMILES string of the molecule is CCOC(=O)c1c(C)[nH]c2ccc3c(c12)CC1CCCN(Cc2ccccc2)C1(C)O3. The molecule has 2 aromatic carbocycles. The maximum absolute atomic E-state index is 12.7. The van der Waals surface area contributed by atoms with Crippen LogP contribution in [0.15, 0.2) is 42.5 Å². The molecule has 2 unspecified atom stereocenters. The zero-order chi connectivity index (χ0) is 21.6. The van der Waals surface area contributed by atoms with Gasteiger partial charge in [0.15, 0.2) is 5.72 Å². The van der Waals surface area contributed by atoms with Crippen LogP contribution < -0.4 is 4.74 Å². The Labute approximate surface area is 183 Å². The number of nitrogens with zero attached hydrogens (tertiary/aromatic N) is 1. The summed E-state index contributed by atoms with van der Waals surface area (Å²) in [5, 5.41) is 0.968. The number of nitrogens with one attached hydrogen (secondary N) is 1. The van der Waals surface area contributed by atoms with E-state index < -0.39 is 0 Å². The maximum atomic E-state index is 12.7. The molecule has 3 aromatic rings. The Morgan fingerprint density at radius 1 is 1.26 bits per heavy atom. The Morgan fingerprint density at radius 3 is 2.84 bits per heavy atom. The van der Waals surface area contributed by atoms with Crippen molar-refractivity contribution in [2.75, 3.05) is 13.2 Å². The summed E-state index contributed by atoms with van der Waals surface area (Å²) in [6.45, 7) is 8.29. The molecule has 2 atom stereocenters. The second-order valence-corrected chi connectivity index (χ2v) is 8.92. The Hall–Kier alpha value is -2.79. The average molecular weight is 419 g/mol. The first kappa shape index (κ1) is 20.1. The molecular weight excluding hydrogens is 388 g/mol. The van der Waals surface area contributed by atoms with Gasteiger partial charge in [-0.05, 0) is 57.7 Å². The molecule has 0 amide bonds. The predicted octanol–water partition coefficient (Wildman–Crippen LogP) is 5.22. The normalized spacial score (nSPS) is 23.1. The standard InChI is InChI=1S/C26H30N2O3/c1-4-30-25(29)23-17(2)27-21-12-13-22-20(24(21)23)15-19-11-8-14-28(26(19,3)31-22)16-18-9-6-5-7-10-18/h5-7,9-10,12-13,19,27H,4,8,11,14-16H2,1-3H3. The highest BCUT2D eigenvalue weighted by Gasteiger charge is 2.48. The van der Waals surface area contributed by atoms with Crippen LogP contribution in [-0.2, 0) is 17.7 Å². The molecule has 0 radical (unpaired) electrons. The summed E-state index contributed by atoms with van der Waals surface area (Å²) >= 11 is 0. The number of hydrogen-bond donors (Lipinski definition) is 1. The largest absolute Gasteiger partial charge is 0.472 e. The Kier molecular flexibility index (Phi) is 5.01. The van der Waals surface area contributed by atoms with E-state index in [2.05, 4.69) is 53.2 Å². The first-order valence-electron chi connectivity index (χ1n) is 11.3. The summed E-state index contributed by atoms with van der Waals surface area (Å²) in [5.74, 6) is 0.992. The fourth-order valence-electron chi connectivity index (χ4n) is 5.45. The molecule has 5 rings (SSSR count). The van der Waals surface area contributed by atoms with Crippen LogP contribution in [0.4, 0.5) is 0 Å². The van der Waals surface area contributed by atoms with Crippen molar-refractivity contribution in [3.05, 3.63) is 64.8 Å². The number of ether oxygens (including phenoxy) is 2. The zero-order valence-electron chi connectivity index (χ0n) is 18.5. The number of fused-ring (bicyclic) bond motifs is 4. The van der Waals surface area contributed by atoms with Crippen LogP contribution in [0.2, 0.25) is 0 Å². The molecule has 2 aliphatic heterocycles. The molecule has 1 N–H and O–H groups in total. The van der Waals surface area contributed by atoms with E-state index in [0.717, 1.165) is 60.3 Å². The second kappa shape index (κ2) is 7.72. The van der Waals surface area contributed by atoms with Gasteiger partial charge in [-0.2, -0.15) is 0 Å². The molecule has 0 aliphatic carbocycles. The summed E-state index contributed by atoms with van der Waals surface area (Å²) in [7, 11) is 0. The number of carbonyl (C=O) groups is 1. The molecular formula is C26H30N2O3. The van der Waals surface area contributed by atoms with Crippen LogP contribution in [0.1, 0.15) is 53.9 Å². The third-order valence-electron chi connectivity index (χ3n) is 7.05. The number of likely N-dealkylation sites (tertiary alicyclic amines) is 1. The van der Waals surface area contributed by atoms with Crippen molar-refractivity contribution in [3.63, 3.8) is 0 Å². The third-order valence-corrected chi connectivity index (χ3v) is 7.05. The molecule has 1 aromatic heterocycles. The van der Waals surface area contributed by atoms with Crippen LogP contribution >= 0.6 is 0 Å². The number of aromatic amines is 1. The minimum absolute atomic E-state index is 0.262. The van der Waals surface area contributed by atoms with Crippen molar-refractivity contribution in [2.24, 2.45) is 5.92 Å². The zero-order valence-corrected chi connectivity index (χ0v) is 18.5. The molecule has 162 valence electrons. The van der Waals surface area contributed by atoms with Crippen molar-refractivity contribution < 1.29 is 14.3 Å².